The van der Waals surface area contributed by atoms with E-state index in [9.17, 15) is 18.0 Å². The van der Waals surface area contributed by atoms with Gasteiger partial charge in [0, 0.05) is 23.0 Å². The number of ether oxygens (including phenoxy) is 1. The molecule has 26 heavy (non-hydrogen) atoms. The van der Waals surface area contributed by atoms with Crippen molar-refractivity contribution in [2.24, 2.45) is 0 Å². The first kappa shape index (κ1) is 19.6. The Morgan fingerprint density at radius 2 is 1.81 bits per heavy atom. The van der Waals surface area contributed by atoms with Gasteiger partial charge >= 0.3 is 12.1 Å². The summed E-state index contributed by atoms with van der Waals surface area (Å²) in [5, 5.41) is 0.805. The van der Waals surface area contributed by atoms with Crippen molar-refractivity contribution in [3.63, 3.8) is 0 Å². The Bertz CT molecular complexity index is 897. The van der Waals surface area contributed by atoms with Gasteiger partial charge < -0.3 is 9.72 Å². The Labute approximate surface area is 149 Å². The smallest absolute Gasteiger partial charge is 0.416 e. The molecule has 138 valence electrons. The molecule has 0 aliphatic carbocycles. The molecule has 0 fully saturated rings. The number of aromatic nitrogens is 1. The summed E-state index contributed by atoms with van der Waals surface area (Å²) < 4.78 is 43.0. The predicted molar refractivity (Wildman–Crippen MR) is 95.2 cm³/mol. The van der Waals surface area contributed by atoms with Gasteiger partial charge in [0.05, 0.1) is 18.2 Å². The molecule has 0 amide bonds. The van der Waals surface area contributed by atoms with Crippen LogP contribution < -0.4 is 0 Å². The minimum absolute atomic E-state index is 0.339. The van der Waals surface area contributed by atoms with Crippen LogP contribution >= 0.6 is 0 Å². The molecule has 0 saturated heterocycles. The lowest BCUT2D eigenvalue weighted by atomic mass is 10.1. The number of fused-ring (bicyclic) bond motifs is 1. The Morgan fingerprint density at radius 1 is 1.08 bits per heavy atom. The number of methoxy groups -OCH3 is 1. The fourth-order valence-electron chi connectivity index (χ4n) is 2.61. The third kappa shape index (κ3) is 4.45. The number of hydrogen-bond donors (Lipinski definition) is 1. The normalized spacial score (nSPS) is 11.0. The average Bonchev–Trinajstić information content (AvgIpc) is 3.03. The van der Waals surface area contributed by atoms with Crippen molar-refractivity contribution in [1.82, 2.24) is 4.98 Å². The summed E-state index contributed by atoms with van der Waals surface area (Å²) in [5.41, 5.74) is 1.90. The number of nitrogens with one attached hydrogen (secondary N) is 1. The van der Waals surface area contributed by atoms with E-state index in [1.807, 2.05) is 19.9 Å². The van der Waals surface area contributed by atoms with E-state index in [4.69, 9.17) is 0 Å². The van der Waals surface area contributed by atoms with Gasteiger partial charge in [0.1, 0.15) is 0 Å². The number of rotatable bonds is 3. The van der Waals surface area contributed by atoms with Crippen molar-refractivity contribution in [1.29, 1.82) is 0 Å². The largest absolute Gasteiger partial charge is 0.465 e. The highest BCUT2D eigenvalue weighted by atomic mass is 19.4. The number of carbonyl (C=O) groups is 1. The summed E-state index contributed by atoms with van der Waals surface area (Å²) in [7, 11) is 1.31. The topological polar surface area (TPSA) is 42.1 Å². The maximum absolute atomic E-state index is 12.8. The van der Waals surface area contributed by atoms with Gasteiger partial charge in [0.2, 0.25) is 0 Å². The quantitative estimate of drug-likeness (QED) is 0.616. The van der Waals surface area contributed by atoms with Crippen LogP contribution in [0.1, 0.15) is 41.0 Å². The van der Waals surface area contributed by atoms with Gasteiger partial charge in [-0.2, -0.15) is 13.2 Å². The Hall–Kier alpha value is -2.76. The van der Waals surface area contributed by atoms with E-state index >= 15 is 0 Å². The molecule has 1 heterocycles. The lowest BCUT2D eigenvalue weighted by molar-refractivity contribution is -0.137. The summed E-state index contributed by atoms with van der Waals surface area (Å²) >= 11 is 0. The van der Waals surface area contributed by atoms with E-state index < -0.39 is 17.7 Å². The molecular formula is C20H20F3NO2. The average molecular weight is 363 g/mol. The van der Waals surface area contributed by atoms with Crippen LogP contribution in [0.25, 0.3) is 10.9 Å². The fraction of sp³-hybridized carbons (Fsp3) is 0.250. The second-order valence-corrected chi connectivity index (χ2v) is 5.46. The first-order chi connectivity index (χ1) is 12.4. The van der Waals surface area contributed by atoms with E-state index in [1.54, 1.807) is 24.3 Å². The molecule has 0 aliphatic heterocycles. The van der Waals surface area contributed by atoms with Crippen LogP contribution in [0.5, 0.6) is 0 Å². The highest BCUT2D eigenvalue weighted by Gasteiger charge is 2.30. The molecule has 3 aromatic rings. The molecule has 2 aromatic carbocycles. The van der Waals surface area contributed by atoms with E-state index in [0.29, 0.717) is 17.5 Å². The van der Waals surface area contributed by atoms with Gasteiger partial charge in [-0.1, -0.05) is 32.0 Å². The molecule has 0 radical (unpaired) electrons. The van der Waals surface area contributed by atoms with E-state index in [2.05, 4.69) is 9.72 Å². The number of alkyl halides is 3. The Kier molecular flexibility index (Phi) is 6.08. The lowest BCUT2D eigenvalue weighted by Gasteiger charge is -2.08. The van der Waals surface area contributed by atoms with Gasteiger partial charge in [0.15, 0.2) is 0 Å². The zero-order valence-corrected chi connectivity index (χ0v) is 14.8. The summed E-state index contributed by atoms with van der Waals surface area (Å²) in [5.74, 6) is -0.433. The van der Waals surface area contributed by atoms with Crippen molar-refractivity contribution in [3.8, 4) is 0 Å². The highest BCUT2D eigenvalue weighted by Crippen LogP contribution is 2.30. The second-order valence-electron chi connectivity index (χ2n) is 5.46. The summed E-state index contributed by atoms with van der Waals surface area (Å²) in [6.07, 6.45) is -4.02. The van der Waals surface area contributed by atoms with Crippen LogP contribution in [0.15, 0.2) is 48.5 Å². The van der Waals surface area contributed by atoms with Gasteiger partial charge in [0.25, 0.3) is 0 Å². The summed E-state index contributed by atoms with van der Waals surface area (Å²) in [6.45, 7) is 4.00. The molecule has 0 atom stereocenters. The maximum atomic E-state index is 12.8. The van der Waals surface area contributed by atoms with Crippen LogP contribution in [-0.4, -0.2) is 18.1 Å². The van der Waals surface area contributed by atoms with E-state index in [-0.39, 0.29) is 0 Å². The van der Waals surface area contributed by atoms with E-state index in [0.717, 1.165) is 28.7 Å². The van der Waals surface area contributed by atoms with Crippen LogP contribution in [0.4, 0.5) is 13.2 Å². The van der Waals surface area contributed by atoms with Crippen molar-refractivity contribution in [2.45, 2.75) is 26.4 Å². The molecule has 0 saturated carbocycles. The zero-order chi connectivity index (χ0) is 19.3. The number of hydrogen-bond acceptors (Lipinski definition) is 2. The number of H-pyrrole nitrogens is 1. The molecule has 0 bridgehead atoms. The number of halogens is 3. The maximum Gasteiger partial charge on any atom is 0.416 e. The number of esters is 1. The van der Waals surface area contributed by atoms with Gasteiger partial charge in [-0.3, -0.25) is 0 Å². The third-order valence-corrected chi connectivity index (χ3v) is 3.75. The molecule has 1 N–H and O–H groups in total. The molecule has 0 aliphatic rings. The van der Waals surface area contributed by atoms with Gasteiger partial charge in [-0.25, -0.2) is 4.79 Å². The van der Waals surface area contributed by atoms with Crippen molar-refractivity contribution >= 4 is 16.9 Å². The highest BCUT2D eigenvalue weighted by molar-refractivity contribution is 5.94. The minimum Gasteiger partial charge on any atom is -0.465 e. The zero-order valence-electron chi connectivity index (χ0n) is 14.8. The monoisotopic (exact) mass is 363 g/mol. The lowest BCUT2D eigenvalue weighted by Crippen LogP contribution is -2.05. The molecule has 0 spiro atoms. The first-order valence-electron chi connectivity index (χ1n) is 8.23. The first-order valence-corrected chi connectivity index (χ1v) is 8.23. The standard InChI is InChI=1S/C18H14F3NO2.C2H6/c1-24-17(23)12-5-6-16-13(9-12)10-15(22-16)8-11-3-2-4-14(7-11)18(19,20)21;1-2/h2-7,9-10,22H,8H2,1H3;1-2H3. The summed E-state index contributed by atoms with van der Waals surface area (Å²) in [4.78, 5) is 14.7. The SMILES string of the molecule is CC.COC(=O)c1ccc2[nH]c(Cc3cccc(C(F)(F)F)c3)cc2c1. The van der Waals surface area contributed by atoms with Crippen LogP contribution in [0.3, 0.4) is 0 Å². The molecule has 3 nitrogen and oxygen atoms in total. The van der Waals surface area contributed by atoms with Crippen LogP contribution in [-0.2, 0) is 17.3 Å². The predicted octanol–water partition coefficient (Wildman–Crippen LogP) is 5.59. The van der Waals surface area contributed by atoms with Crippen LogP contribution in [0.2, 0.25) is 0 Å². The molecule has 6 heteroatoms. The summed E-state index contributed by atoms with van der Waals surface area (Å²) in [6, 6.07) is 12.1. The fourth-order valence-corrected chi connectivity index (χ4v) is 2.61. The number of carbonyl (C=O) groups excluding carboxylic acids is 1. The molecule has 0 unspecified atom stereocenters. The minimum atomic E-state index is -4.36. The second kappa shape index (κ2) is 8.08. The Morgan fingerprint density at radius 3 is 2.46 bits per heavy atom. The molecule has 3 rings (SSSR count). The van der Waals surface area contributed by atoms with Crippen molar-refractivity contribution in [2.75, 3.05) is 7.11 Å². The Balaban J connectivity index is 0.00000117. The van der Waals surface area contributed by atoms with Gasteiger partial charge in [-0.15, -0.1) is 0 Å². The van der Waals surface area contributed by atoms with E-state index in [1.165, 1.54) is 13.2 Å². The molecule has 1 aromatic heterocycles. The van der Waals surface area contributed by atoms with Gasteiger partial charge in [-0.05, 0) is 35.9 Å². The van der Waals surface area contributed by atoms with Crippen molar-refractivity contribution in [3.05, 3.63) is 70.9 Å². The third-order valence-electron chi connectivity index (χ3n) is 3.75. The van der Waals surface area contributed by atoms with Crippen LogP contribution in [0, 0.1) is 0 Å². The number of aromatic amines is 1. The molecular weight excluding hydrogens is 343 g/mol. The van der Waals surface area contributed by atoms with Crippen molar-refractivity contribution < 1.29 is 22.7 Å². The number of benzene rings is 2.